The Labute approximate surface area is 195 Å². The average molecular weight is 467 g/mol. The van der Waals surface area contributed by atoms with E-state index in [1.165, 1.54) is 6.07 Å². The van der Waals surface area contributed by atoms with Gasteiger partial charge in [-0.2, -0.15) is 13.2 Å². The lowest BCUT2D eigenvalue weighted by Crippen LogP contribution is -2.59. The van der Waals surface area contributed by atoms with Gasteiger partial charge in [0.1, 0.15) is 11.5 Å². The molecule has 0 spiro atoms. The van der Waals surface area contributed by atoms with E-state index in [4.69, 9.17) is 0 Å². The Hall–Kier alpha value is -3.49. The number of nitrogens with zero attached hydrogens (tertiary/aromatic N) is 4. The summed E-state index contributed by atoms with van der Waals surface area (Å²) in [4.78, 5) is 28.6. The summed E-state index contributed by atoms with van der Waals surface area (Å²) in [5, 5.41) is 3.28. The fourth-order valence-corrected chi connectivity index (χ4v) is 5.00. The average Bonchev–Trinajstić information content (AvgIpc) is 2.84. The van der Waals surface area contributed by atoms with Gasteiger partial charge in [-0.25, -0.2) is 4.98 Å². The van der Waals surface area contributed by atoms with Crippen LogP contribution in [0.5, 0.6) is 0 Å². The van der Waals surface area contributed by atoms with Crippen LogP contribution in [0, 0.1) is 12.8 Å². The van der Waals surface area contributed by atoms with Crippen molar-refractivity contribution in [3.05, 3.63) is 71.7 Å². The van der Waals surface area contributed by atoms with Gasteiger partial charge in [-0.15, -0.1) is 0 Å². The minimum atomic E-state index is -4.42. The van der Waals surface area contributed by atoms with Gasteiger partial charge in [0, 0.05) is 30.7 Å². The predicted octanol–water partition coefficient (Wildman–Crippen LogP) is 4.97. The molecule has 34 heavy (non-hydrogen) atoms. The molecule has 0 aromatic carbocycles. The van der Waals surface area contributed by atoms with Crippen molar-refractivity contribution in [2.45, 2.75) is 44.4 Å². The molecule has 1 aliphatic carbocycles. The third kappa shape index (κ3) is 4.34. The number of hydrogen-bond acceptors (Lipinski definition) is 5. The zero-order chi connectivity index (χ0) is 23.9. The summed E-state index contributed by atoms with van der Waals surface area (Å²) in [6.45, 7) is 2.53. The first kappa shape index (κ1) is 22.3. The van der Waals surface area contributed by atoms with Crippen LogP contribution in [0.25, 0.3) is 11.4 Å². The van der Waals surface area contributed by atoms with E-state index in [0.717, 1.165) is 37.2 Å². The van der Waals surface area contributed by atoms with Gasteiger partial charge < -0.3 is 10.2 Å². The SMILES string of the molecule is Cc1ccc(C(=O)N2C[C@@H]3CC[C@H]2[C@H](Nc2ccc(C(F)(F)F)cn2)C3)c(-c2ccccn2)n1. The summed E-state index contributed by atoms with van der Waals surface area (Å²) in [6.07, 6.45) is 0.776. The second kappa shape index (κ2) is 8.70. The molecule has 3 aromatic rings. The van der Waals surface area contributed by atoms with E-state index in [-0.39, 0.29) is 18.0 Å². The van der Waals surface area contributed by atoms with Crippen LogP contribution < -0.4 is 5.32 Å². The molecule has 176 valence electrons. The van der Waals surface area contributed by atoms with Crippen molar-refractivity contribution in [1.82, 2.24) is 19.9 Å². The van der Waals surface area contributed by atoms with E-state index >= 15 is 0 Å². The number of rotatable bonds is 4. The third-order valence-corrected chi connectivity index (χ3v) is 6.63. The van der Waals surface area contributed by atoms with Gasteiger partial charge in [0.15, 0.2) is 0 Å². The molecule has 3 aliphatic rings. The van der Waals surface area contributed by atoms with Gasteiger partial charge in [-0.3, -0.25) is 14.8 Å². The Bertz CT molecular complexity index is 1180. The van der Waals surface area contributed by atoms with Crippen LogP contribution in [-0.2, 0) is 6.18 Å². The smallest absolute Gasteiger partial charge is 0.365 e. The maximum Gasteiger partial charge on any atom is 0.417 e. The highest BCUT2D eigenvalue weighted by Crippen LogP contribution is 2.38. The first-order chi connectivity index (χ1) is 16.3. The molecule has 1 N–H and O–H groups in total. The molecule has 0 unspecified atom stereocenters. The van der Waals surface area contributed by atoms with Gasteiger partial charge in [0.2, 0.25) is 0 Å². The third-order valence-electron chi connectivity index (χ3n) is 6.63. The van der Waals surface area contributed by atoms with Crippen molar-refractivity contribution in [3.63, 3.8) is 0 Å². The second-order valence-corrected chi connectivity index (χ2v) is 8.95. The Morgan fingerprint density at radius 2 is 1.94 bits per heavy atom. The number of hydrogen-bond donors (Lipinski definition) is 1. The highest BCUT2D eigenvalue weighted by atomic mass is 19.4. The molecule has 3 atom stereocenters. The Kier molecular flexibility index (Phi) is 5.71. The molecular formula is C25H24F3N5O. The highest BCUT2D eigenvalue weighted by molar-refractivity contribution is 6.00. The number of aromatic nitrogens is 3. The lowest BCUT2D eigenvalue weighted by molar-refractivity contribution is -0.137. The fraction of sp³-hybridized carbons (Fsp3) is 0.360. The van der Waals surface area contributed by atoms with E-state index in [1.54, 1.807) is 12.3 Å². The summed E-state index contributed by atoms with van der Waals surface area (Å²) in [7, 11) is 0. The minimum Gasteiger partial charge on any atom is -0.365 e. The van der Waals surface area contributed by atoms with Crippen LogP contribution in [0.1, 0.15) is 40.9 Å². The quantitative estimate of drug-likeness (QED) is 0.587. The van der Waals surface area contributed by atoms with Gasteiger partial charge >= 0.3 is 6.18 Å². The molecule has 6 nitrogen and oxygen atoms in total. The van der Waals surface area contributed by atoms with Crippen molar-refractivity contribution < 1.29 is 18.0 Å². The number of halogens is 3. The molecule has 1 amide bonds. The molecule has 6 rings (SSSR count). The van der Waals surface area contributed by atoms with Crippen LogP contribution in [0.15, 0.2) is 54.9 Å². The molecule has 5 heterocycles. The standard InChI is InChI=1S/C25H24F3N5O/c1-15-5-8-18(23(31-15)19-4-2-3-11-29-19)24(34)33-14-16-6-9-21(33)20(12-16)32-22-10-7-17(13-30-22)25(26,27)28/h2-5,7-8,10-11,13,16,20-21H,6,9,12,14H2,1H3,(H,30,32)/t16-,20-,21+/m1/s1. The number of amides is 1. The van der Waals surface area contributed by atoms with Crippen LogP contribution in [-0.4, -0.2) is 44.4 Å². The first-order valence-corrected chi connectivity index (χ1v) is 11.3. The largest absolute Gasteiger partial charge is 0.417 e. The zero-order valence-corrected chi connectivity index (χ0v) is 18.6. The monoisotopic (exact) mass is 467 g/mol. The maximum atomic E-state index is 13.7. The molecule has 3 fully saturated rings. The number of fused-ring (bicyclic) bond motifs is 3. The topological polar surface area (TPSA) is 71.0 Å². The Morgan fingerprint density at radius 1 is 1.09 bits per heavy atom. The highest BCUT2D eigenvalue weighted by Gasteiger charge is 2.43. The molecule has 3 aromatic heterocycles. The van der Waals surface area contributed by atoms with E-state index in [9.17, 15) is 18.0 Å². The van der Waals surface area contributed by atoms with E-state index in [2.05, 4.69) is 20.3 Å². The van der Waals surface area contributed by atoms with Crippen LogP contribution in [0.3, 0.4) is 0 Å². The van der Waals surface area contributed by atoms with Crippen LogP contribution in [0.2, 0.25) is 0 Å². The molecule has 1 saturated carbocycles. The maximum absolute atomic E-state index is 13.7. The fourth-order valence-electron chi connectivity index (χ4n) is 5.00. The molecular weight excluding hydrogens is 443 g/mol. The molecule has 2 aliphatic heterocycles. The number of carbonyl (C=O) groups is 1. The van der Waals surface area contributed by atoms with Gasteiger partial charge in [-0.05, 0) is 68.5 Å². The van der Waals surface area contributed by atoms with E-state index in [1.807, 2.05) is 36.1 Å². The number of nitrogens with one attached hydrogen (secondary N) is 1. The summed E-state index contributed by atoms with van der Waals surface area (Å²) >= 11 is 0. The van der Waals surface area contributed by atoms with E-state index < -0.39 is 11.7 Å². The number of aryl methyl sites for hydroxylation is 1. The van der Waals surface area contributed by atoms with Crippen LogP contribution >= 0.6 is 0 Å². The predicted molar refractivity (Wildman–Crippen MR) is 121 cm³/mol. The number of pyridine rings is 3. The normalized spacial score (nSPS) is 22.0. The van der Waals surface area contributed by atoms with Crippen LogP contribution in [0.4, 0.5) is 19.0 Å². The summed E-state index contributed by atoms with van der Waals surface area (Å²) in [5.74, 6) is 0.594. The summed E-state index contributed by atoms with van der Waals surface area (Å²) < 4.78 is 38.6. The first-order valence-electron chi connectivity index (χ1n) is 11.3. The summed E-state index contributed by atoms with van der Waals surface area (Å²) in [6, 6.07) is 11.3. The Balaban J connectivity index is 1.40. The Morgan fingerprint density at radius 3 is 2.62 bits per heavy atom. The number of piperidine rings is 2. The second-order valence-electron chi connectivity index (χ2n) is 8.95. The lowest BCUT2D eigenvalue weighted by atomic mass is 9.76. The van der Waals surface area contributed by atoms with Gasteiger partial charge in [0.25, 0.3) is 5.91 Å². The van der Waals surface area contributed by atoms with Crippen molar-refractivity contribution >= 4 is 11.7 Å². The minimum absolute atomic E-state index is 0.0838. The number of alkyl halides is 3. The molecule has 2 saturated heterocycles. The van der Waals surface area contributed by atoms with Crippen molar-refractivity contribution in [2.75, 3.05) is 11.9 Å². The van der Waals surface area contributed by atoms with Gasteiger partial charge in [0.05, 0.1) is 22.9 Å². The molecule has 9 heteroatoms. The molecule has 0 radical (unpaired) electrons. The van der Waals surface area contributed by atoms with Gasteiger partial charge in [-0.1, -0.05) is 6.07 Å². The zero-order valence-electron chi connectivity index (χ0n) is 18.6. The van der Waals surface area contributed by atoms with Crippen molar-refractivity contribution in [2.24, 2.45) is 5.92 Å². The number of anilines is 1. The number of carbonyl (C=O) groups excluding carboxylic acids is 1. The lowest BCUT2D eigenvalue weighted by Gasteiger charge is -2.50. The summed E-state index contributed by atoms with van der Waals surface area (Å²) in [5.41, 5.74) is 1.71. The van der Waals surface area contributed by atoms with Crippen molar-refractivity contribution in [3.8, 4) is 11.4 Å². The molecule has 2 bridgehead atoms. The van der Waals surface area contributed by atoms with Crippen molar-refractivity contribution in [1.29, 1.82) is 0 Å². The van der Waals surface area contributed by atoms with E-state index in [0.29, 0.717) is 35.2 Å².